The molecule has 0 aliphatic carbocycles. The molecule has 1 aromatic heterocycles. The van der Waals surface area contributed by atoms with Crippen LogP contribution in [0.4, 0.5) is 16.4 Å². The smallest absolute Gasteiger partial charge is 0.341 e. The summed E-state index contributed by atoms with van der Waals surface area (Å²) in [6, 6.07) is 4.46. The number of hydrogen-bond acceptors (Lipinski definition) is 7. The summed E-state index contributed by atoms with van der Waals surface area (Å²) >= 11 is 6.61. The molecule has 10 heteroatoms. The van der Waals surface area contributed by atoms with E-state index in [1.54, 1.807) is 13.0 Å². The van der Waals surface area contributed by atoms with Crippen molar-refractivity contribution in [2.24, 2.45) is 0 Å². The predicted octanol–water partition coefficient (Wildman–Crippen LogP) is 4.27. The Bertz CT molecular complexity index is 895. The van der Waals surface area contributed by atoms with Gasteiger partial charge in [-0.25, -0.2) is 4.79 Å². The van der Waals surface area contributed by atoms with Crippen LogP contribution >= 0.6 is 23.6 Å². The first-order valence-corrected chi connectivity index (χ1v) is 9.18. The fourth-order valence-corrected chi connectivity index (χ4v) is 3.67. The summed E-state index contributed by atoms with van der Waals surface area (Å²) in [5.74, 6) is -0.0830. The SMILES string of the molecule is CCOc1ccc(NC(=S)Nc2sc(C)c(C)c2C(=O)OC)c([N+](=O)[O-])c1. The molecule has 0 unspecified atom stereocenters. The third kappa shape index (κ3) is 4.72. The summed E-state index contributed by atoms with van der Waals surface area (Å²) in [5, 5.41) is 17.7. The van der Waals surface area contributed by atoms with E-state index in [1.165, 1.54) is 30.6 Å². The van der Waals surface area contributed by atoms with Crippen molar-refractivity contribution in [2.45, 2.75) is 20.8 Å². The van der Waals surface area contributed by atoms with Gasteiger partial charge in [0.05, 0.1) is 30.3 Å². The lowest BCUT2D eigenvalue weighted by Gasteiger charge is -2.12. The van der Waals surface area contributed by atoms with Gasteiger partial charge in [-0.2, -0.15) is 0 Å². The molecule has 2 N–H and O–H groups in total. The number of nitrogens with zero attached hydrogens (tertiary/aromatic N) is 1. The van der Waals surface area contributed by atoms with Crippen LogP contribution in [0.25, 0.3) is 0 Å². The lowest BCUT2D eigenvalue weighted by molar-refractivity contribution is -0.384. The van der Waals surface area contributed by atoms with Crippen LogP contribution in [0.2, 0.25) is 0 Å². The third-order valence-corrected chi connectivity index (χ3v) is 5.05. The number of nitro benzene ring substituents is 1. The highest BCUT2D eigenvalue weighted by Crippen LogP contribution is 2.34. The van der Waals surface area contributed by atoms with E-state index in [9.17, 15) is 14.9 Å². The van der Waals surface area contributed by atoms with E-state index in [0.717, 1.165) is 10.4 Å². The molecule has 0 fully saturated rings. The van der Waals surface area contributed by atoms with E-state index in [1.807, 2.05) is 13.8 Å². The van der Waals surface area contributed by atoms with Gasteiger partial charge in [-0.1, -0.05) is 0 Å². The standard InChI is InChI=1S/C17H19N3O5S2/c1-5-25-11-6-7-12(13(8-11)20(22)23)18-17(26)19-15-14(16(21)24-4)9(2)10(3)27-15/h6-8H,5H2,1-4H3,(H2,18,19,26). The predicted molar refractivity (Wildman–Crippen MR) is 109 cm³/mol. The average Bonchev–Trinajstić information content (AvgIpc) is 2.89. The van der Waals surface area contributed by atoms with Crippen LogP contribution in [0.1, 0.15) is 27.7 Å². The number of thiophene rings is 1. The second-order valence-electron chi connectivity index (χ2n) is 5.43. The van der Waals surface area contributed by atoms with Gasteiger partial charge in [-0.3, -0.25) is 10.1 Å². The van der Waals surface area contributed by atoms with Crippen LogP contribution in [-0.4, -0.2) is 29.7 Å². The zero-order valence-electron chi connectivity index (χ0n) is 15.2. The molecule has 27 heavy (non-hydrogen) atoms. The Balaban J connectivity index is 2.25. The summed E-state index contributed by atoms with van der Waals surface area (Å²) in [4.78, 5) is 23.8. The third-order valence-electron chi connectivity index (χ3n) is 3.73. The van der Waals surface area contributed by atoms with Gasteiger partial charge in [0.15, 0.2) is 5.11 Å². The summed E-state index contributed by atoms with van der Waals surface area (Å²) in [6.45, 7) is 5.89. The van der Waals surface area contributed by atoms with Crippen LogP contribution in [-0.2, 0) is 4.74 Å². The molecule has 0 saturated heterocycles. The van der Waals surface area contributed by atoms with Crippen LogP contribution in [0.3, 0.4) is 0 Å². The summed E-state index contributed by atoms with van der Waals surface area (Å²) in [6.07, 6.45) is 0. The largest absolute Gasteiger partial charge is 0.494 e. The molecule has 8 nitrogen and oxygen atoms in total. The first-order chi connectivity index (χ1) is 12.8. The van der Waals surface area contributed by atoms with E-state index < -0.39 is 10.9 Å². The number of anilines is 2. The van der Waals surface area contributed by atoms with Crippen molar-refractivity contribution in [3.63, 3.8) is 0 Å². The number of esters is 1. The second kappa shape index (κ2) is 8.78. The van der Waals surface area contributed by atoms with Gasteiger partial charge in [0.1, 0.15) is 16.4 Å². The van der Waals surface area contributed by atoms with Crippen LogP contribution < -0.4 is 15.4 Å². The maximum Gasteiger partial charge on any atom is 0.341 e. The molecule has 0 radical (unpaired) electrons. The number of aryl methyl sites for hydroxylation is 1. The van der Waals surface area contributed by atoms with E-state index in [2.05, 4.69) is 10.6 Å². The van der Waals surface area contributed by atoms with Gasteiger partial charge in [0, 0.05) is 4.88 Å². The second-order valence-corrected chi connectivity index (χ2v) is 7.06. The van der Waals surface area contributed by atoms with Gasteiger partial charge < -0.3 is 20.1 Å². The van der Waals surface area contributed by atoms with Crippen molar-refractivity contribution in [3.8, 4) is 5.75 Å². The number of benzene rings is 1. The zero-order valence-corrected chi connectivity index (χ0v) is 16.9. The number of rotatable bonds is 6. The van der Waals surface area contributed by atoms with E-state index in [-0.39, 0.29) is 16.5 Å². The monoisotopic (exact) mass is 409 g/mol. The Labute approximate surface area is 165 Å². The number of ether oxygens (including phenoxy) is 2. The highest BCUT2D eigenvalue weighted by atomic mass is 32.1. The zero-order chi connectivity index (χ0) is 20.1. The Morgan fingerprint density at radius 1 is 1.33 bits per heavy atom. The number of methoxy groups -OCH3 is 1. The Hall–Kier alpha value is -2.72. The molecule has 2 rings (SSSR count). The number of nitrogens with one attached hydrogen (secondary N) is 2. The highest BCUT2D eigenvalue weighted by Gasteiger charge is 2.22. The molecular formula is C17H19N3O5S2. The Morgan fingerprint density at radius 3 is 2.63 bits per heavy atom. The minimum absolute atomic E-state index is 0.119. The van der Waals surface area contributed by atoms with Crippen LogP contribution in [0.15, 0.2) is 18.2 Å². The lowest BCUT2D eigenvalue weighted by atomic mass is 10.1. The van der Waals surface area contributed by atoms with E-state index >= 15 is 0 Å². The van der Waals surface area contributed by atoms with E-state index in [0.29, 0.717) is 22.9 Å². The van der Waals surface area contributed by atoms with Crippen molar-refractivity contribution in [1.29, 1.82) is 0 Å². The van der Waals surface area contributed by atoms with Crippen LogP contribution in [0.5, 0.6) is 5.75 Å². The maximum absolute atomic E-state index is 12.0. The average molecular weight is 409 g/mol. The quantitative estimate of drug-likeness (QED) is 0.316. The molecule has 0 aliphatic rings. The Kier molecular flexibility index (Phi) is 6.70. The molecule has 0 spiro atoms. The number of thiocarbonyl (C=S) groups is 1. The van der Waals surface area contributed by atoms with E-state index in [4.69, 9.17) is 21.7 Å². The highest BCUT2D eigenvalue weighted by molar-refractivity contribution is 7.80. The number of nitro groups is 1. The summed E-state index contributed by atoms with van der Waals surface area (Å²) in [5.41, 5.74) is 1.23. The van der Waals surface area contributed by atoms with Crippen molar-refractivity contribution in [1.82, 2.24) is 0 Å². The van der Waals surface area contributed by atoms with Gasteiger partial charge in [0.25, 0.3) is 5.69 Å². The van der Waals surface area contributed by atoms with Crippen molar-refractivity contribution < 1.29 is 19.2 Å². The fraction of sp³-hybridized carbons (Fsp3) is 0.294. The number of carbonyl (C=O) groups excluding carboxylic acids is 1. The van der Waals surface area contributed by atoms with Gasteiger partial charge in [-0.05, 0) is 50.7 Å². The number of carbonyl (C=O) groups is 1. The molecule has 0 atom stereocenters. The molecule has 0 amide bonds. The first-order valence-electron chi connectivity index (χ1n) is 7.96. The van der Waals surface area contributed by atoms with Crippen molar-refractivity contribution >= 4 is 51.0 Å². The normalized spacial score (nSPS) is 10.2. The fourth-order valence-electron chi connectivity index (χ4n) is 2.34. The summed E-state index contributed by atoms with van der Waals surface area (Å²) < 4.78 is 10.1. The van der Waals surface area contributed by atoms with Crippen molar-refractivity contribution in [2.75, 3.05) is 24.4 Å². The lowest BCUT2D eigenvalue weighted by Crippen LogP contribution is -2.20. The molecule has 0 saturated carbocycles. The molecule has 1 aromatic carbocycles. The van der Waals surface area contributed by atoms with Crippen LogP contribution in [0, 0.1) is 24.0 Å². The van der Waals surface area contributed by atoms with Crippen molar-refractivity contribution in [3.05, 3.63) is 44.3 Å². The van der Waals surface area contributed by atoms with Gasteiger partial charge >= 0.3 is 5.97 Å². The topological polar surface area (TPSA) is 103 Å². The Morgan fingerprint density at radius 2 is 2.04 bits per heavy atom. The molecule has 1 heterocycles. The number of hydrogen-bond donors (Lipinski definition) is 2. The maximum atomic E-state index is 12.0. The van der Waals surface area contributed by atoms with Gasteiger partial charge in [0.2, 0.25) is 0 Å². The minimum atomic E-state index is -0.521. The molecule has 0 aliphatic heterocycles. The molecular weight excluding hydrogens is 390 g/mol. The molecule has 144 valence electrons. The molecule has 2 aromatic rings. The first kappa shape index (κ1) is 20.6. The minimum Gasteiger partial charge on any atom is -0.494 e. The summed E-state index contributed by atoms with van der Waals surface area (Å²) in [7, 11) is 1.30. The molecule has 0 bridgehead atoms. The van der Waals surface area contributed by atoms with Gasteiger partial charge in [-0.15, -0.1) is 11.3 Å².